The number of carbonyl (C=O) groups excluding carboxylic acids is 2. The minimum Gasteiger partial charge on any atom is -0.493 e. The molecule has 40 heavy (non-hydrogen) atoms. The zero-order chi connectivity index (χ0) is 28.9. The standard InChI is InChI=1S/C31H28ClNO7/c1-4-37-29-18-23(16-24(19-33)31(35)38-5-2)9-14-27(29)40-30(34)15-10-21-8-13-26(28(17-21)36-3)39-20-22-6-11-25(32)12-7-22/h6-18H,4-5,20H2,1-3H3/b15-10+,24-16+. The van der Waals surface area contributed by atoms with Crippen LogP contribution < -0.4 is 18.9 Å². The Hall–Kier alpha value is -4.74. The van der Waals surface area contributed by atoms with Gasteiger partial charge < -0.3 is 23.7 Å². The highest BCUT2D eigenvalue weighted by Crippen LogP contribution is 2.31. The number of hydrogen-bond acceptors (Lipinski definition) is 8. The van der Waals surface area contributed by atoms with E-state index in [4.69, 9.17) is 35.3 Å². The lowest BCUT2D eigenvalue weighted by Crippen LogP contribution is -2.07. The monoisotopic (exact) mass is 561 g/mol. The topological polar surface area (TPSA) is 104 Å². The van der Waals surface area contributed by atoms with Crippen LogP contribution in [-0.4, -0.2) is 32.3 Å². The van der Waals surface area contributed by atoms with E-state index in [1.807, 2.05) is 18.2 Å². The molecule has 3 aromatic rings. The van der Waals surface area contributed by atoms with Crippen LogP contribution in [0.3, 0.4) is 0 Å². The fourth-order valence-electron chi connectivity index (χ4n) is 3.43. The van der Waals surface area contributed by atoms with Gasteiger partial charge in [0.15, 0.2) is 23.0 Å². The SMILES string of the molecule is CCOC(=O)/C(C#N)=C/c1ccc(OC(=O)/C=C/c2ccc(OCc3ccc(Cl)cc3)c(OC)c2)c(OCC)c1. The number of methoxy groups -OCH3 is 1. The number of nitriles is 1. The van der Waals surface area contributed by atoms with Crippen LogP contribution in [0.5, 0.6) is 23.0 Å². The summed E-state index contributed by atoms with van der Waals surface area (Å²) in [5, 5.41) is 9.92. The van der Waals surface area contributed by atoms with Crippen molar-refractivity contribution in [3.05, 3.63) is 94.0 Å². The van der Waals surface area contributed by atoms with Gasteiger partial charge in [-0.15, -0.1) is 0 Å². The van der Waals surface area contributed by atoms with Crippen molar-refractivity contribution in [2.75, 3.05) is 20.3 Å². The number of ether oxygens (including phenoxy) is 5. The van der Waals surface area contributed by atoms with Crippen molar-refractivity contribution in [2.24, 2.45) is 0 Å². The van der Waals surface area contributed by atoms with Crippen LogP contribution in [0.4, 0.5) is 0 Å². The van der Waals surface area contributed by atoms with E-state index in [1.165, 1.54) is 25.3 Å². The number of rotatable bonds is 12. The molecule has 0 saturated carbocycles. The second-order valence-electron chi connectivity index (χ2n) is 8.11. The molecular formula is C31H28ClNO7. The number of benzene rings is 3. The van der Waals surface area contributed by atoms with Crippen molar-refractivity contribution < 1.29 is 33.3 Å². The molecule has 0 radical (unpaired) electrons. The molecule has 9 heteroatoms. The molecule has 0 bridgehead atoms. The van der Waals surface area contributed by atoms with Crippen LogP contribution in [0.1, 0.15) is 30.5 Å². The van der Waals surface area contributed by atoms with E-state index in [2.05, 4.69) is 0 Å². The van der Waals surface area contributed by atoms with Crippen LogP contribution in [-0.2, 0) is 20.9 Å². The Morgan fingerprint density at radius 1 is 0.875 bits per heavy atom. The van der Waals surface area contributed by atoms with E-state index in [9.17, 15) is 14.9 Å². The fourth-order valence-corrected chi connectivity index (χ4v) is 3.56. The first-order valence-electron chi connectivity index (χ1n) is 12.4. The second-order valence-corrected chi connectivity index (χ2v) is 8.55. The van der Waals surface area contributed by atoms with Gasteiger partial charge in [0.2, 0.25) is 0 Å². The minimum absolute atomic E-state index is 0.152. The first-order chi connectivity index (χ1) is 19.4. The molecule has 0 atom stereocenters. The Morgan fingerprint density at radius 2 is 1.57 bits per heavy atom. The quantitative estimate of drug-likeness (QED) is 0.108. The Balaban J connectivity index is 1.70. The van der Waals surface area contributed by atoms with Gasteiger partial charge in [0.05, 0.1) is 20.3 Å². The molecule has 3 rings (SSSR count). The molecule has 0 spiro atoms. The van der Waals surface area contributed by atoms with Gasteiger partial charge in [-0.2, -0.15) is 5.26 Å². The van der Waals surface area contributed by atoms with E-state index < -0.39 is 11.9 Å². The van der Waals surface area contributed by atoms with Crippen molar-refractivity contribution in [3.63, 3.8) is 0 Å². The fraction of sp³-hybridized carbons (Fsp3) is 0.194. The van der Waals surface area contributed by atoms with Crippen LogP contribution in [0, 0.1) is 11.3 Å². The lowest BCUT2D eigenvalue weighted by Gasteiger charge is -2.12. The van der Waals surface area contributed by atoms with Crippen molar-refractivity contribution >= 4 is 35.7 Å². The third kappa shape index (κ3) is 8.65. The van der Waals surface area contributed by atoms with E-state index in [-0.39, 0.29) is 23.7 Å². The normalized spacial score (nSPS) is 11.0. The molecule has 0 aliphatic carbocycles. The Labute approximate surface area is 237 Å². The summed E-state index contributed by atoms with van der Waals surface area (Å²) in [5.41, 5.74) is 2.00. The predicted molar refractivity (Wildman–Crippen MR) is 151 cm³/mol. The minimum atomic E-state index is -0.721. The summed E-state index contributed by atoms with van der Waals surface area (Å²) in [6, 6.07) is 19.1. The Bertz CT molecular complexity index is 1440. The van der Waals surface area contributed by atoms with Crippen LogP contribution in [0.25, 0.3) is 12.2 Å². The Morgan fingerprint density at radius 3 is 2.25 bits per heavy atom. The summed E-state index contributed by atoms with van der Waals surface area (Å²) in [7, 11) is 1.53. The summed E-state index contributed by atoms with van der Waals surface area (Å²) < 4.78 is 27.3. The molecule has 3 aromatic carbocycles. The summed E-state index contributed by atoms with van der Waals surface area (Å²) in [4.78, 5) is 24.5. The highest BCUT2D eigenvalue weighted by Gasteiger charge is 2.13. The smallest absolute Gasteiger partial charge is 0.348 e. The van der Waals surface area contributed by atoms with Crippen LogP contribution in [0.2, 0.25) is 5.02 Å². The molecule has 0 heterocycles. The number of halogens is 1. The maximum Gasteiger partial charge on any atom is 0.348 e. The molecule has 206 valence electrons. The van der Waals surface area contributed by atoms with Gasteiger partial charge in [0.1, 0.15) is 18.2 Å². The molecule has 0 unspecified atom stereocenters. The lowest BCUT2D eigenvalue weighted by atomic mass is 10.1. The molecule has 8 nitrogen and oxygen atoms in total. The average Bonchev–Trinajstić information content (AvgIpc) is 2.96. The van der Waals surface area contributed by atoms with Gasteiger partial charge >= 0.3 is 11.9 Å². The predicted octanol–water partition coefficient (Wildman–Crippen LogP) is 6.42. The van der Waals surface area contributed by atoms with Crippen molar-refractivity contribution in [2.45, 2.75) is 20.5 Å². The van der Waals surface area contributed by atoms with Crippen molar-refractivity contribution in [3.8, 4) is 29.1 Å². The number of hydrogen-bond donors (Lipinski definition) is 0. The van der Waals surface area contributed by atoms with Crippen LogP contribution >= 0.6 is 11.6 Å². The Kier molecular flexibility index (Phi) is 11.2. The summed E-state index contributed by atoms with van der Waals surface area (Å²) in [6.45, 7) is 4.24. The summed E-state index contributed by atoms with van der Waals surface area (Å²) in [5.74, 6) is 0.174. The molecule has 0 aliphatic heterocycles. The second kappa shape index (κ2) is 15.0. The van der Waals surface area contributed by atoms with E-state index >= 15 is 0 Å². The number of esters is 2. The first-order valence-corrected chi connectivity index (χ1v) is 12.8. The zero-order valence-electron chi connectivity index (χ0n) is 22.3. The van der Waals surface area contributed by atoms with E-state index in [1.54, 1.807) is 62.4 Å². The lowest BCUT2D eigenvalue weighted by molar-refractivity contribution is -0.138. The molecular weight excluding hydrogens is 534 g/mol. The van der Waals surface area contributed by atoms with Crippen molar-refractivity contribution in [1.29, 1.82) is 5.26 Å². The molecule has 0 aromatic heterocycles. The first kappa shape index (κ1) is 29.8. The highest BCUT2D eigenvalue weighted by atomic mass is 35.5. The molecule has 0 saturated heterocycles. The summed E-state index contributed by atoms with van der Waals surface area (Å²) >= 11 is 5.93. The van der Waals surface area contributed by atoms with Gasteiger partial charge in [0.25, 0.3) is 0 Å². The average molecular weight is 562 g/mol. The largest absolute Gasteiger partial charge is 0.493 e. The maximum atomic E-state index is 12.6. The highest BCUT2D eigenvalue weighted by molar-refractivity contribution is 6.30. The van der Waals surface area contributed by atoms with Gasteiger partial charge in [-0.05, 0) is 79.1 Å². The third-order valence-corrected chi connectivity index (χ3v) is 5.56. The van der Waals surface area contributed by atoms with Gasteiger partial charge in [-0.25, -0.2) is 9.59 Å². The molecule has 0 N–H and O–H groups in total. The zero-order valence-corrected chi connectivity index (χ0v) is 23.1. The third-order valence-electron chi connectivity index (χ3n) is 5.31. The van der Waals surface area contributed by atoms with E-state index in [0.29, 0.717) is 40.9 Å². The van der Waals surface area contributed by atoms with Gasteiger partial charge in [0, 0.05) is 11.1 Å². The van der Waals surface area contributed by atoms with Crippen LogP contribution in [0.15, 0.2) is 72.3 Å². The summed E-state index contributed by atoms with van der Waals surface area (Å²) in [6.07, 6.45) is 4.24. The van der Waals surface area contributed by atoms with Gasteiger partial charge in [-0.1, -0.05) is 35.9 Å². The molecule has 0 fully saturated rings. The maximum absolute atomic E-state index is 12.6. The van der Waals surface area contributed by atoms with E-state index in [0.717, 1.165) is 5.56 Å². The molecule has 0 aliphatic rings. The van der Waals surface area contributed by atoms with Crippen molar-refractivity contribution in [1.82, 2.24) is 0 Å². The molecule has 0 amide bonds. The van der Waals surface area contributed by atoms with Gasteiger partial charge in [-0.3, -0.25) is 0 Å². The number of carbonyl (C=O) groups is 2. The number of nitrogens with zero attached hydrogens (tertiary/aromatic N) is 1.